The van der Waals surface area contributed by atoms with Crippen LogP contribution in [-0.4, -0.2) is 11.5 Å². The third kappa shape index (κ3) is 0.944. The number of carbonyl (C=O) groups excluding carboxylic acids is 1. The normalized spacial score (nSPS) is 19.1. The van der Waals surface area contributed by atoms with Crippen LogP contribution in [0.4, 0.5) is 0 Å². The molecule has 1 rings (SSSR count). The molecule has 0 bridgehead atoms. The van der Waals surface area contributed by atoms with Crippen molar-refractivity contribution in [2.45, 2.75) is 13.3 Å². The summed E-state index contributed by atoms with van der Waals surface area (Å²) in [5.41, 5.74) is 0.995. The molecule has 1 aliphatic heterocycles. The van der Waals surface area contributed by atoms with E-state index >= 15 is 0 Å². The SMILES string of the molecule is CCC1=CSCC1=O. The Morgan fingerprint density at radius 3 is 2.88 bits per heavy atom. The van der Waals surface area contributed by atoms with Gasteiger partial charge in [0.25, 0.3) is 0 Å². The fraction of sp³-hybridized carbons (Fsp3) is 0.500. The fourth-order valence-corrected chi connectivity index (χ4v) is 1.58. The molecule has 0 N–H and O–H groups in total. The van der Waals surface area contributed by atoms with Crippen LogP contribution in [0.2, 0.25) is 0 Å². The van der Waals surface area contributed by atoms with Crippen molar-refractivity contribution in [2.24, 2.45) is 0 Å². The molecular weight excluding hydrogens is 120 g/mol. The summed E-state index contributed by atoms with van der Waals surface area (Å²) in [5.74, 6) is 0.987. The Balaban J connectivity index is 2.62. The second-order valence-electron chi connectivity index (χ2n) is 1.73. The van der Waals surface area contributed by atoms with Gasteiger partial charge < -0.3 is 0 Å². The molecule has 1 heterocycles. The highest BCUT2D eigenvalue weighted by Gasteiger charge is 2.12. The predicted molar refractivity (Wildman–Crippen MR) is 35.8 cm³/mol. The Bertz CT molecular complexity index is 137. The van der Waals surface area contributed by atoms with Crippen molar-refractivity contribution < 1.29 is 4.79 Å². The summed E-state index contributed by atoms with van der Waals surface area (Å²) < 4.78 is 0. The average Bonchev–Trinajstić information content (AvgIpc) is 2.14. The van der Waals surface area contributed by atoms with Crippen molar-refractivity contribution in [3.8, 4) is 0 Å². The fourth-order valence-electron chi connectivity index (χ4n) is 0.657. The first-order valence-corrected chi connectivity index (χ1v) is 3.73. The van der Waals surface area contributed by atoms with Gasteiger partial charge in [-0.15, -0.1) is 11.8 Å². The third-order valence-corrected chi connectivity index (χ3v) is 2.06. The lowest BCUT2D eigenvalue weighted by atomic mass is 10.2. The molecule has 0 aliphatic carbocycles. The third-order valence-electron chi connectivity index (χ3n) is 1.18. The summed E-state index contributed by atoms with van der Waals surface area (Å²) in [6.07, 6.45) is 0.895. The molecule has 0 unspecified atom stereocenters. The highest BCUT2D eigenvalue weighted by molar-refractivity contribution is 8.03. The summed E-state index contributed by atoms with van der Waals surface area (Å²) in [4.78, 5) is 10.7. The van der Waals surface area contributed by atoms with Gasteiger partial charge in [0.15, 0.2) is 5.78 Å². The number of allylic oxidation sites excluding steroid dienone is 1. The maximum Gasteiger partial charge on any atom is 0.169 e. The van der Waals surface area contributed by atoms with Gasteiger partial charge in [0.2, 0.25) is 0 Å². The summed E-state index contributed by atoms with van der Waals surface area (Å²) >= 11 is 1.60. The molecule has 1 aliphatic rings. The first kappa shape index (κ1) is 5.89. The lowest BCUT2D eigenvalue weighted by molar-refractivity contribution is -0.113. The van der Waals surface area contributed by atoms with E-state index in [1.54, 1.807) is 11.8 Å². The van der Waals surface area contributed by atoms with Crippen molar-refractivity contribution in [1.82, 2.24) is 0 Å². The maximum absolute atomic E-state index is 10.7. The van der Waals surface area contributed by atoms with Crippen molar-refractivity contribution in [3.05, 3.63) is 11.0 Å². The molecule has 0 aromatic heterocycles. The van der Waals surface area contributed by atoms with E-state index in [-0.39, 0.29) is 0 Å². The molecule has 0 aromatic rings. The van der Waals surface area contributed by atoms with Gasteiger partial charge in [0.1, 0.15) is 0 Å². The van der Waals surface area contributed by atoms with Gasteiger partial charge in [-0.3, -0.25) is 4.79 Å². The van der Waals surface area contributed by atoms with Gasteiger partial charge in [-0.1, -0.05) is 6.92 Å². The Labute approximate surface area is 53.2 Å². The lowest BCUT2D eigenvalue weighted by Crippen LogP contribution is -1.97. The molecule has 0 saturated heterocycles. The number of rotatable bonds is 1. The van der Waals surface area contributed by atoms with Gasteiger partial charge >= 0.3 is 0 Å². The number of Topliss-reactive ketones (excluding diaryl/α,β-unsaturated/α-hetero) is 1. The van der Waals surface area contributed by atoms with E-state index in [1.165, 1.54) is 0 Å². The number of ketones is 1. The van der Waals surface area contributed by atoms with Gasteiger partial charge in [0, 0.05) is 5.57 Å². The van der Waals surface area contributed by atoms with Crippen LogP contribution < -0.4 is 0 Å². The second kappa shape index (κ2) is 2.35. The first-order valence-electron chi connectivity index (χ1n) is 2.68. The molecule has 0 fully saturated rings. The minimum Gasteiger partial charge on any atom is -0.294 e. The predicted octanol–water partition coefficient (Wildman–Crippen LogP) is 1.60. The second-order valence-corrected chi connectivity index (χ2v) is 2.59. The number of hydrogen-bond donors (Lipinski definition) is 0. The molecule has 0 saturated carbocycles. The summed E-state index contributed by atoms with van der Waals surface area (Å²) in [6.45, 7) is 2.01. The molecule has 1 nitrogen and oxygen atoms in total. The van der Waals surface area contributed by atoms with Crippen LogP contribution in [0, 0.1) is 0 Å². The van der Waals surface area contributed by atoms with Gasteiger partial charge in [-0.25, -0.2) is 0 Å². The number of hydrogen-bond acceptors (Lipinski definition) is 2. The molecule has 8 heavy (non-hydrogen) atoms. The molecule has 0 amide bonds. The van der Waals surface area contributed by atoms with Crippen LogP contribution in [0.15, 0.2) is 11.0 Å². The molecule has 0 spiro atoms. The van der Waals surface area contributed by atoms with Crippen LogP contribution in [0.1, 0.15) is 13.3 Å². The van der Waals surface area contributed by atoms with E-state index in [0.717, 1.165) is 12.0 Å². The Morgan fingerprint density at radius 2 is 2.62 bits per heavy atom. The van der Waals surface area contributed by atoms with Crippen molar-refractivity contribution >= 4 is 17.5 Å². The van der Waals surface area contributed by atoms with E-state index in [2.05, 4.69) is 0 Å². The summed E-state index contributed by atoms with van der Waals surface area (Å²) in [6, 6.07) is 0. The zero-order valence-electron chi connectivity index (χ0n) is 4.81. The molecule has 0 radical (unpaired) electrons. The van der Waals surface area contributed by atoms with Crippen molar-refractivity contribution in [2.75, 3.05) is 5.75 Å². The van der Waals surface area contributed by atoms with Gasteiger partial charge in [0.05, 0.1) is 5.75 Å². The van der Waals surface area contributed by atoms with E-state index in [1.807, 2.05) is 12.3 Å². The minimum atomic E-state index is 0.317. The van der Waals surface area contributed by atoms with Crippen molar-refractivity contribution in [1.29, 1.82) is 0 Å². The average molecular weight is 128 g/mol. The Hall–Kier alpha value is -0.240. The molecule has 44 valence electrons. The number of thioether (sulfide) groups is 1. The van der Waals surface area contributed by atoms with Crippen molar-refractivity contribution in [3.63, 3.8) is 0 Å². The van der Waals surface area contributed by atoms with Crippen LogP contribution in [0.3, 0.4) is 0 Å². The van der Waals surface area contributed by atoms with Crippen LogP contribution in [0.25, 0.3) is 0 Å². The van der Waals surface area contributed by atoms with Crippen LogP contribution in [-0.2, 0) is 4.79 Å². The molecular formula is C6H8OS. The van der Waals surface area contributed by atoms with Crippen LogP contribution in [0.5, 0.6) is 0 Å². The van der Waals surface area contributed by atoms with Gasteiger partial charge in [-0.2, -0.15) is 0 Å². The summed E-state index contributed by atoms with van der Waals surface area (Å²) in [7, 11) is 0. The zero-order chi connectivity index (χ0) is 5.98. The highest BCUT2D eigenvalue weighted by Crippen LogP contribution is 2.20. The standard InChI is InChI=1S/C6H8OS/c1-2-5-3-8-4-6(5)7/h3H,2,4H2,1H3. The smallest absolute Gasteiger partial charge is 0.169 e. The highest BCUT2D eigenvalue weighted by atomic mass is 32.2. The minimum absolute atomic E-state index is 0.317. The van der Waals surface area contributed by atoms with E-state index in [9.17, 15) is 4.79 Å². The molecule has 0 atom stereocenters. The first-order chi connectivity index (χ1) is 3.84. The maximum atomic E-state index is 10.7. The van der Waals surface area contributed by atoms with E-state index < -0.39 is 0 Å². The Morgan fingerprint density at radius 1 is 1.88 bits per heavy atom. The molecule has 0 aromatic carbocycles. The lowest BCUT2D eigenvalue weighted by Gasteiger charge is -1.87. The molecule has 2 heteroatoms. The number of carbonyl (C=O) groups is 1. The topological polar surface area (TPSA) is 17.1 Å². The van der Waals surface area contributed by atoms with Gasteiger partial charge in [-0.05, 0) is 11.8 Å². The van der Waals surface area contributed by atoms with E-state index in [4.69, 9.17) is 0 Å². The summed E-state index contributed by atoms with van der Waals surface area (Å²) in [5, 5.41) is 1.96. The quantitative estimate of drug-likeness (QED) is 0.533. The Kier molecular flexibility index (Phi) is 1.73. The largest absolute Gasteiger partial charge is 0.294 e. The van der Waals surface area contributed by atoms with E-state index in [0.29, 0.717) is 11.5 Å². The monoisotopic (exact) mass is 128 g/mol. The zero-order valence-corrected chi connectivity index (χ0v) is 5.62. The van der Waals surface area contributed by atoms with Crippen LogP contribution >= 0.6 is 11.8 Å².